The summed E-state index contributed by atoms with van der Waals surface area (Å²) in [6, 6.07) is 12.3. The van der Waals surface area contributed by atoms with Crippen LogP contribution in [0.4, 0.5) is 4.79 Å². The van der Waals surface area contributed by atoms with Crippen LogP contribution >= 0.6 is 0 Å². The highest BCUT2D eigenvalue weighted by molar-refractivity contribution is 7.90. The first-order chi connectivity index (χ1) is 15.0. The SMILES string of the molecule is CCCc1ccc(S(=O)(=O)NC(=O)O)c(-c2ccc(Cn3ccnc3C(C)(C)O)cc2)c1. The number of nitrogens with zero attached hydrogens (tertiary/aromatic N) is 2. The highest BCUT2D eigenvalue weighted by atomic mass is 32.2. The molecular formula is C23H27N3O5S. The zero-order valence-electron chi connectivity index (χ0n) is 18.2. The first-order valence-electron chi connectivity index (χ1n) is 10.2. The Kier molecular flexibility index (Phi) is 6.71. The number of aliphatic hydroxyl groups is 1. The van der Waals surface area contributed by atoms with Crippen LogP contribution in [0.3, 0.4) is 0 Å². The lowest BCUT2D eigenvalue weighted by Crippen LogP contribution is -2.29. The first-order valence-corrected chi connectivity index (χ1v) is 11.7. The maximum absolute atomic E-state index is 12.6. The van der Waals surface area contributed by atoms with Gasteiger partial charge in [0.15, 0.2) is 0 Å². The van der Waals surface area contributed by atoms with Crippen LogP contribution in [0.25, 0.3) is 11.1 Å². The average molecular weight is 458 g/mol. The molecule has 1 aromatic heterocycles. The number of hydrogen-bond acceptors (Lipinski definition) is 5. The Morgan fingerprint density at radius 2 is 1.78 bits per heavy atom. The lowest BCUT2D eigenvalue weighted by Gasteiger charge is -2.19. The number of amides is 1. The molecule has 0 unspecified atom stereocenters. The fraction of sp³-hybridized carbons (Fsp3) is 0.304. The van der Waals surface area contributed by atoms with E-state index in [2.05, 4.69) is 4.98 Å². The van der Waals surface area contributed by atoms with Gasteiger partial charge >= 0.3 is 6.09 Å². The summed E-state index contributed by atoms with van der Waals surface area (Å²) < 4.78 is 28.6. The summed E-state index contributed by atoms with van der Waals surface area (Å²) in [6.45, 7) is 5.86. The Morgan fingerprint density at radius 3 is 2.38 bits per heavy atom. The van der Waals surface area contributed by atoms with E-state index in [0.29, 0.717) is 23.5 Å². The average Bonchev–Trinajstić information content (AvgIpc) is 3.16. The Morgan fingerprint density at radius 1 is 1.12 bits per heavy atom. The van der Waals surface area contributed by atoms with Gasteiger partial charge in [-0.25, -0.2) is 22.9 Å². The van der Waals surface area contributed by atoms with Crippen molar-refractivity contribution in [2.45, 2.75) is 50.7 Å². The minimum atomic E-state index is -4.23. The van der Waals surface area contributed by atoms with Crippen molar-refractivity contribution in [2.24, 2.45) is 0 Å². The largest absolute Gasteiger partial charge is 0.464 e. The molecule has 3 aromatic rings. The fourth-order valence-electron chi connectivity index (χ4n) is 3.60. The Hall–Kier alpha value is -3.17. The van der Waals surface area contributed by atoms with Crippen LogP contribution in [0.5, 0.6) is 0 Å². The standard InChI is InChI=1S/C23H27N3O5S/c1-4-5-16-8-11-20(32(30,31)25-22(27)28)19(14-16)18-9-6-17(7-10-18)15-26-13-12-24-21(26)23(2,3)29/h6-14,25,29H,4-5,15H2,1-3H3,(H,27,28). The molecule has 1 amide bonds. The van der Waals surface area contributed by atoms with Crippen LogP contribution in [-0.2, 0) is 28.6 Å². The molecule has 0 atom stereocenters. The molecule has 32 heavy (non-hydrogen) atoms. The van der Waals surface area contributed by atoms with E-state index >= 15 is 0 Å². The van der Waals surface area contributed by atoms with Gasteiger partial charge in [-0.15, -0.1) is 0 Å². The van der Waals surface area contributed by atoms with Crippen molar-refractivity contribution in [3.63, 3.8) is 0 Å². The molecule has 0 fully saturated rings. The number of benzene rings is 2. The molecule has 8 nitrogen and oxygen atoms in total. The van der Waals surface area contributed by atoms with Crippen molar-refractivity contribution >= 4 is 16.1 Å². The lowest BCUT2D eigenvalue weighted by atomic mass is 10.00. The molecular weight excluding hydrogens is 430 g/mol. The van der Waals surface area contributed by atoms with E-state index in [1.54, 1.807) is 55.2 Å². The van der Waals surface area contributed by atoms with Crippen LogP contribution in [0.15, 0.2) is 59.8 Å². The zero-order chi connectivity index (χ0) is 23.5. The number of rotatable bonds is 8. The molecule has 0 aliphatic carbocycles. The van der Waals surface area contributed by atoms with Gasteiger partial charge in [0.2, 0.25) is 0 Å². The number of aryl methyl sites for hydroxylation is 1. The summed E-state index contributed by atoms with van der Waals surface area (Å²) in [7, 11) is -4.23. The predicted molar refractivity (Wildman–Crippen MR) is 121 cm³/mol. The molecule has 1 heterocycles. The van der Waals surface area contributed by atoms with E-state index in [1.807, 2.05) is 23.6 Å². The van der Waals surface area contributed by atoms with Gasteiger partial charge in [-0.3, -0.25) is 0 Å². The first kappa shape index (κ1) is 23.5. The number of aromatic nitrogens is 2. The van der Waals surface area contributed by atoms with Crippen molar-refractivity contribution in [1.29, 1.82) is 0 Å². The van der Waals surface area contributed by atoms with Gasteiger partial charge in [0, 0.05) is 24.5 Å². The van der Waals surface area contributed by atoms with E-state index < -0.39 is 21.7 Å². The molecule has 0 spiro atoms. The summed E-state index contributed by atoms with van der Waals surface area (Å²) >= 11 is 0. The minimum Gasteiger partial charge on any atom is -0.464 e. The van der Waals surface area contributed by atoms with Gasteiger partial charge in [0.25, 0.3) is 10.0 Å². The van der Waals surface area contributed by atoms with E-state index in [-0.39, 0.29) is 4.90 Å². The van der Waals surface area contributed by atoms with Gasteiger partial charge in [-0.2, -0.15) is 0 Å². The molecule has 170 valence electrons. The number of nitrogens with one attached hydrogen (secondary N) is 1. The maximum Gasteiger partial charge on any atom is 0.418 e. The number of carboxylic acid groups (broad SMARTS) is 1. The highest BCUT2D eigenvalue weighted by Gasteiger charge is 2.23. The normalized spacial score (nSPS) is 12.0. The lowest BCUT2D eigenvalue weighted by molar-refractivity contribution is 0.0652. The molecule has 0 bridgehead atoms. The Bertz CT molecular complexity index is 1210. The minimum absolute atomic E-state index is 0.0913. The smallest absolute Gasteiger partial charge is 0.418 e. The molecule has 0 aliphatic heterocycles. The van der Waals surface area contributed by atoms with Gasteiger partial charge in [-0.1, -0.05) is 43.7 Å². The van der Waals surface area contributed by atoms with Gasteiger partial charge in [-0.05, 0) is 49.1 Å². The molecule has 0 saturated carbocycles. The fourth-order valence-corrected chi connectivity index (χ4v) is 4.66. The van der Waals surface area contributed by atoms with Crippen molar-refractivity contribution in [3.8, 4) is 11.1 Å². The molecule has 9 heteroatoms. The van der Waals surface area contributed by atoms with E-state index in [4.69, 9.17) is 5.11 Å². The second-order valence-electron chi connectivity index (χ2n) is 8.13. The topological polar surface area (TPSA) is 122 Å². The quantitative estimate of drug-likeness (QED) is 0.474. The van der Waals surface area contributed by atoms with Crippen molar-refractivity contribution in [1.82, 2.24) is 14.3 Å². The van der Waals surface area contributed by atoms with E-state index in [1.165, 1.54) is 6.07 Å². The molecule has 2 aromatic carbocycles. The van der Waals surface area contributed by atoms with E-state index in [9.17, 15) is 18.3 Å². The Labute approximate surface area is 187 Å². The third kappa shape index (κ3) is 5.35. The molecule has 0 saturated heterocycles. The zero-order valence-corrected chi connectivity index (χ0v) is 19.1. The third-order valence-corrected chi connectivity index (χ3v) is 6.35. The van der Waals surface area contributed by atoms with Gasteiger partial charge in [0.1, 0.15) is 11.4 Å². The predicted octanol–water partition coefficient (Wildman–Crippen LogP) is 3.73. The van der Waals surface area contributed by atoms with Crippen LogP contribution in [0.1, 0.15) is 44.1 Å². The highest BCUT2D eigenvalue weighted by Crippen LogP contribution is 2.30. The van der Waals surface area contributed by atoms with Crippen molar-refractivity contribution in [3.05, 3.63) is 71.8 Å². The molecule has 0 aliphatic rings. The summed E-state index contributed by atoms with van der Waals surface area (Å²) in [4.78, 5) is 15.1. The summed E-state index contributed by atoms with van der Waals surface area (Å²) in [5.74, 6) is 0.543. The molecule has 3 rings (SSSR count). The second-order valence-corrected chi connectivity index (χ2v) is 9.78. The van der Waals surface area contributed by atoms with Crippen molar-refractivity contribution < 1.29 is 23.4 Å². The summed E-state index contributed by atoms with van der Waals surface area (Å²) in [6.07, 6.45) is 3.46. The van der Waals surface area contributed by atoms with Crippen LogP contribution in [0, 0.1) is 0 Å². The number of imidazole rings is 1. The van der Waals surface area contributed by atoms with Crippen molar-refractivity contribution in [2.75, 3.05) is 0 Å². The summed E-state index contributed by atoms with van der Waals surface area (Å²) in [5, 5.41) is 19.2. The van der Waals surface area contributed by atoms with Gasteiger partial charge < -0.3 is 14.8 Å². The van der Waals surface area contributed by atoms with Crippen LogP contribution in [-0.4, -0.2) is 34.3 Å². The monoisotopic (exact) mass is 457 g/mol. The third-order valence-electron chi connectivity index (χ3n) is 4.97. The van der Waals surface area contributed by atoms with Crippen LogP contribution in [0.2, 0.25) is 0 Å². The Balaban J connectivity index is 1.98. The molecule has 3 N–H and O–H groups in total. The molecule has 0 radical (unpaired) electrons. The summed E-state index contributed by atoms with van der Waals surface area (Å²) in [5.41, 5.74) is 1.93. The number of carbonyl (C=O) groups is 1. The maximum atomic E-state index is 12.6. The van der Waals surface area contributed by atoms with Crippen LogP contribution < -0.4 is 4.72 Å². The second kappa shape index (κ2) is 9.13. The number of sulfonamides is 1. The van der Waals surface area contributed by atoms with Gasteiger partial charge in [0.05, 0.1) is 4.90 Å². The number of hydrogen-bond donors (Lipinski definition) is 3. The van der Waals surface area contributed by atoms with E-state index in [0.717, 1.165) is 24.0 Å².